The third kappa shape index (κ3) is 7.39. The largest absolute Gasteiger partial charge is 0.467 e. The van der Waals surface area contributed by atoms with Crippen LogP contribution in [0.2, 0.25) is 0 Å². The zero-order valence-electron chi connectivity index (χ0n) is 13.8. The van der Waals surface area contributed by atoms with E-state index >= 15 is 0 Å². The standard InChI is InChI=1S/C16H22N2O5/c1-16(2,3)23-15(21)18-13(14(20)22-4)9-12(19)8-11-6-5-7-17-10-11/h5-7,10,13H,8-9H2,1-4H3,(H,18,21)/t13-/m0/s1. The Balaban J connectivity index is 2.66. The van der Waals surface area contributed by atoms with Crippen molar-refractivity contribution in [3.05, 3.63) is 30.1 Å². The van der Waals surface area contributed by atoms with Crippen molar-refractivity contribution in [3.63, 3.8) is 0 Å². The van der Waals surface area contributed by atoms with E-state index in [9.17, 15) is 14.4 Å². The maximum absolute atomic E-state index is 12.1. The van der Waals surface area contributed by atoms with Crippen molar-refractivity contribution in [1.29, 1.82) is 0 Å². The molecular formula is C16H22N2O5. The van der Waals surface area contributed by atoms with Crippen LogP contribution in [-0.4, -0.2) is 41.6 Å². The Hall–Kier alpha value is -2.44. The van der Waals surface area contributed by atoms with Crippen LogP contribution < -0.4 is 5.32 Å². The van der Waals surface area contributed by atoms with Gasteiger partial charge in [-0.1, -0.05) is 6.07 Å². The summed E-state index contributed by atoms with van der Waals surface area (Å²) in [5.41, 5.74) is 0.0307. The quantitative estimate of drug-likeness (QED) is 0.800. The molecule has 0 unspecified atom stereocenters. The number of carbonyl (C=O) groups excluding carboxylic acids is 3. The van der Waals surface area contributed by atoms with Gasteiger partial charge < -0.3 is 14.8 Å². The first-order valence-electron chi connectivity index (χ1n) is 7.19. The van der Waals surface area contributed by atoms with Gasteiger partial charge in [0, 0.05) is 25.2 Å². The van der Waals surface area contributed by atoms with Gasteiger partial charge in [-0.3, -0.25) is 9.78 Å². The molecule has 23 heavy (non-hydrogen) atoms. The number of alkyl carbamates (subject to hydrolysis) is 1. The maximum atomic E-state index is 12.1. The molecule has 1 aromatic heterocycles. The highest BCUT2D eigenvalue weighted by Gasteiger charge is 2.27. The van der Waals surface area contributed by atoms with Crippen LogP contribution in [0.3, 0.4) is 0 Å². The van der Waals surface area contributed by atoms with Crippen LogP contribution in [0.15, 0.2) is 24.5 Å². The molecule has 0 bridgehead atoms. The summed E-state index contributed by atoms with van der Waals surface area (Å²) in [6.45, 7) is 5.11. The highest BCUT2D eigenvalue weighted by Crippen LogP contribution is 2.08. The predicted octanol–water partition coefficient (Wildman–Crippen LogP) is 1.65. The van der Waals surface area contributed by atoms with Gasteiger partial charge in [-0.05, 0) is 32.4 Å². The van der Waals surface area contributed by atoms with Gasteiger partial charge >= 0.3 is 12.1 Å². The fraction of sp³-hybridized carbons (Fsp3) is 0.500. The van der Waals surface area contributed by atoms with E-state index in [0.717, 1.165) is 5.56 Å². The van der Waals surface area contributed by atoms with E-state index in [1.165, 1.54) is 7.11 Å². The number of amides is 1. The van der Waals surface area contributed by atoms with E-state index in [1.54, 1.807) is 45.3 Å². The molecule has 126 valence electrons. The number of nitrogens with zero attached hydrogens (tertiary/aromatic N) is 1. The molecule has 0 aliphatic rings. The van der Waals surface area contributed by atoms with Gasteiger partial charge in [0.1, 0.15) is 17.4 Å². The Kier molecular flexibility index (Phi) is 6.68. The van der Waals surface area contributed by atoms with Crippen LogP contribution in [-0.2, 0) is 25.5 Å². The van der Waals surface area contributed by atoms with E-state index in [0.29, 0.717) is 0 Å². The number of ether oxygens (including phenoxy) is 2. The van der Waals surface area contributed by atoms with Crippen LogP contribution >= 0.6 is 0 Å². The molecule has 1 N–H and O–H groups in total. The fourth-order valence-corrected chi connectivity index (χ4v) is 1.82. The SMILES string of the molecule is COC(=O)[C@H](CC(=O)Cc1cccnc1)NC(=O)OC(C)(C)C. The molecule has 1 rings (SSSR count). The second-order valence-electron chi connectivity index (χ2n) is 6.00. The first kappa shape index (κ1) is 18.6. The molecular weight excluding hydrogens is 300 g/mol. The van der Waals surface area contributed by atoms with Crippen molar-refractivity contribution in [2.75, 3.05) is 7.11 Å². The minimum atomic E-state index is -1.08. The fourth-order valence-electron chi connectivity index (χ4n) is 1.82. The molecule has 0 aliphatic carbocycles. The van der Waals surface area contributed by atoms with Crippen molar-refractivity contribution >= 4 is 17.8 Å². The molecule has 0 fully saturated rings. The number of aromatic nitrogens is 1. The topological polar surface area (TPSA) is 94.6 Å². The Morgan fingerprint density at radius 1 is 1.30 bits per heavy atom. The van der Waals surface area contributed by atoms with E-state index in [2.05, 4.69) is 15.0 Å². The molecule has 1 aromatic rings. The number of nitrogens with one attached hydrogen (secondary N) is 1. The second-order valence-corrected chi connectivity index (χ2v) is 6.00. The minimum Gasteiger partial charge on any atom is -0.467 e. The van der Waals surface area contributed by atoms with Gasteiger partial charge in [-0.2, -0.15) is 0 Å². The Bertz CT molecular complexity index is 551. The normalized spacial score (nSPS) is 12.2. The zero-order chi connectivity index (χ0) is 17.5. The van der Waals surface area contributed by atoms with Crippen molar-refractivity contribution in [1.82, 2.24) is 10.3 Å². The van der Waals surface area contributed by atoms with Crippen LogP contribution in [0, 0.1) is 0 Å². The molecule has 0 saturated heterocycles. The summed E-state index contributed by atoms with van der Waals surface area (Å²) in [6.07, 6.45) is 2.35. The van der Waals surface area contributed by atoms with Crippen molar-refractivity contribution in [2.24, 2.45) is 0 Å². The number of ketones is 1. The molecule has 0 aliphatic heterocycles. The van der Waals surface area contributed by atoms with Crippen LogP contribution in [0.4, 0.5) is 4.79 Å². The number of pyridine rings is 1. The molecule has 0 aromatic carbocycles. The van der Waals surface area contributed by atoms with Crippen molar-refractivity contribution in [2.45, 2.75) is 45.3 Å². The maximum Gasteiger partial charge on any atom is 0.408 e. The average molecular weight is 322 g/mol. The summed E-state index contributed by atoms with van der Waals surface area (Å²) in [5.74, 6) is -0.917. The Morgan fingerprint density at radius 2 is 2.00 bits per heavy atom. The van der Waals surface area contributed by atoms with Gasteiger partial charge in [-0.15, -0.1) is 0 Å². The average Bonchev–Trinajstić information content (AvgIpc) is 2.44. The van der Waals surface area contributed by atoms with E-state index in [1.807, 2.05) is 0 Å². The summed E-state index contributed by atoms with van der Waals surface area (Å²) >= 11 is 0. The lowest BCUT2D eigenvalue weighted by Gasteiger charge is -2.22. The van der Waals surface area contributed by atoms with E-state index in [4.69, 9.17) is 4.74 Å². The Labute approximate surface area is 135 Å². The number of hydrogen-bond donors (Lipinski definition) is 1. The van der Waals surface area contributed by atoms with Crippen molar-refractivity contribution in [3.8, 4) is 0 Å². The summed E-state index contributed by atoms with van der Waals surface area (Å²) in [7, 11) is 1.19. The van der Waals surface area contributed by atoms with E-state index < -0.39 is 23.7 Å². The Morgan fingerprint density at radius 3 is 2.52 bits per heavy atom. The first-order chi connectivity index (χ1) is 10.7. The summed E-state index contributed by atoms with van der Waals surface area (Å²) < 4.78 is 9.70. The number of esters is 1. The van der Waals surface area contributed by atoms with Gasteiger partial charge in [0.05, 0.1) is 7.11 Å². The molecule has 1 amide bonds. The number of Topliss-reactive ketones (excluding diaryl/α,β-unsaturated/α-hetero) is 1. The predicted molar refractivity (Wildman–Crippen MR) is 82.7 cm³/mol. The van der Waals surface area contributed by atoms with Crippen molar-refractivity contribution < 1.29 is 23.9 Å². The molecule has 7 nitrogen and oxygen atoms in total. The lowest BCUT2D eigenvalue weighted by atomic mass is 10.0. The van der Waals surface area contributed by atoms with Crippen LogP contribution in [0.25, 0.3) is 0 Å². The third-order valence-electron chi connectivity index (χ3n) is 2.73. The summed E-state index contributed by atoms with van der Waals surface area (Å²) in [6, 6.07) is 2.40. The number of methoxy groups -OCH3 is 1. The smallest absolute Gasteiger partial charge is 0.408 e. The monoisotopic (exact) mass is 322 g/mol. The zero-order valence-corrected chi connectivity index (χ0v) is 13.8. The lowest BCUT2D eigenvalue weighted by Crippen LogP contribution is -2.45. The number of hydrogen-bond acceptors (Lipinski definition) is 6. The number of carbonyl (C=O) groups is 3. The first-order valence-corrected chi connectivity index (χ1v) is 7.19. The minimum absolute atomic E-state index is 0.122. The molecule has 0 saturated carbocycles. The van der Waals surface area contributed by atoms with E-state index in [-0.39, 0.29) is 18.6 Å². The molecule has 1 heterocycles. The van der Waals surface area contributed by atoms with Gasteiger partial charge in [0.2, 0.25) is 0 Å². The third-order valence-corrected chi connectivity index (χ3v) is 2.73. The molecule has 1 atom stereocenters. The molecule has 0 radical (unpaired) electrons. The molecule has 0 spiro atoms. The lowest BCUT2D eigenvalue weighted by molar-refractivity contribution is -0.144. The summed E-state index contributed by atoms with van der Waals surface area (Å²) in [5, 5.41) is 2.37. The highest BCUT2D eigenvalue weighted by molar-refractivity contribution is 5.89. The second kappa shape index (κ2) is 8.26. The summed E-state index contributed by atoms with van der Waals surface area (Å²) in [4.78, 5) is 39.5. The molecule has 7 heteroatoms. The van der Waals surface area contributed by atoms with Crippen LogP contribution in [0.1, 0.15) is 32.8 Å². The van der Waals surface area contributed by atoms with Gasteiger partial charge in [0.25, 0.3) is 0 Å². The highest BCUT2D eigenvalue weighted by atomic mass is 16.6. The van der Waals surface area contributed by atoms with Crippen LogP contribution in [0.5, 0.6) is 0 Å². The number of rotatable bonds is 6. The van der Waals surface area contributed by atoms with Gasteiger partial charge in [0.15, 0.2) is 0 Å². The van der Waals surface area contributed by atoms with Gasteiger partial charge in [-0.25, -0.2) is 9.59 Å².